The Hall–Kier alpha value is -4.30. The molecule has 170 valence electrons. The summed E-state index contributed by atoms with van der Waals surface area (Å²) in [4.78, 5) is 49.9. The maximum absolute atomic E-state index is 13.1. The van der Waals surface area contributed by atoms with Crippen LogP contribution in [0.25, 0.3) is 5.76 Å². The van der Waals surface area contributed by atoms with Crippen LogP contribution in [-0.2, 0) is 9.59 Å². The minimum Gasteiger partial charge on any atom is -0.507 e. The van der Waals surface area contributed by atoms with Gasteiger partial charge in [0.15, 0.2) is 5.78 Å². The van der Waals surface area contributed by atoms with Gasteiger partial charge in [-0.1, -0.05) is 23.7 Å². The van der Waals surface area contributed by atoms with Gasteiger partial charge in [0.25, 0.3) is 17.4 Å². The predicted molar refractivity (Wildman–Crippen MR) is 126 cm³/mol. The van der Waals surface area contributed by atoms with E-state index in [1.165, 1.54) is 79.7 Å². The van der Waals surface area contributed by atoms with Gasteiger partial charge in [0.1, 0.15) is 5.76 Å². The van der Waals surface area contributed by atoms with Gasteiger partial charge < -0.3 is 5.11 Å². The molecule has 0 saturated carbocycles. The van der Waals surface area contributed by atoms with E-state index in [4.69, 9.17) is 11.6 Å². The molecule has 1 amide bonds. The number of Topliss-reactive ketones (excluding diaryl/α,β-unsaturated/α-hetero) is 2. The van der Waals surface area contributed by atoms with Crippen LogP contribution in [0.15, 0.2) is 78.4 Å². The van der Waals surface area contributed by atoms with E-state index in [0.717, 1.165) is 4.90 Å². The molecule has 8 nitrogen and oxygen atoms in total. The summed E-state index contributed by atoms with van der Waals surface area (Å²) in [6, 6.07) is 16.5. The van der Waals surface area contributed by atoms with Crippen LogP contribution >= 0.6 is 11.6 Å². The van der Waals surface area contributed by atoms with E-state index >= 15 is 0 Å². The Bertz CT molecular complexity index is 1360. The summed E-state index contributed by atoms with van der Waals surface area (Å²) in [5.41, 5.74) is 0.765. The van der Waals surface area contributed by atoms with Crippen LogP contribution in [-0.4, -0.2) is 27.5 Å². The third-order valence-electron chi connectivity index (χ3n) is 5.51. The molecule has 0 aliphatic carbocycles. The molecule has 1 aliphatic rings. The topological polar surface area (TPSA) is 118 Å². The highest BCUT2D eigenvalue weighted by Gasteiger charge is 2.47. The Morgan fingerprint density at radius 1 is 1.00 bits per heavy atom. The summed E-state index contributed by atoms with van der Waals surface area (Å²) in [5.74, 6) is -2.47. The van der Waals surface area contributed by atoms with Gasteiger partial charge in [0.2, 0.25) is 0 Å². The molecule has 1 atom stereocenters. The van der Waals surface area contributed by atoms with Gasteiger partial charge in [-0.2, -0.15) is 0 Å². The molecule has 1 fully saturated rings. The van der Waals surface area contributed by atoms with E-state index in [-0.39, 0.29) is 28.2 Å². The number of nitro groups is 1. The van der Waals surface area contributed by atoms with Crippen molar-refractivity contribution in [1.29, 1.82) is 0 Å². The summed E-state index contributed by atoms with van der Waals surface area (Å²) in [7, 11) is 0. The number of hydrogen-bond acceptors (Lipinski definition) is 6. The van der Waals surface area contributed by atoms with Gasteiger partial charge in [0.05, 0.1) is 16.5 Å². The van der Waals surface area contributed by atoms with Crippen molar-refractivity contribution in [2.75, 3.05) is 4.90 Å². The van der Waals surface area contributed by atoms with Gasteiger partial charge in [-0.05, 0) is 61.0 Å². The number of benzene rings is 3. The third kappa shape index (κ3) is 4.06. The van der Waals surface area contributed by atoms with E-state index in [2.05, 4.69) is 0 Å². The third-order valence-corrected chi connectivity index (χ3v) is 5.76. The first-order chi connectivity index (χ1) is 16.2. The zero-order valence-electron chi connectivity index (χ0n) is 17.8. The molecule has 34 heavy (non-hydrogen) atoms. The van der Waals surface area contributed by atoms with Crippen LogP contribution in [0.4, 0.5) is 11.4 Å². The molecule has 3 aromatic rings. The Morgan fingerprint density at radius 3 is 2.21 bits per heavy atom. The summed E-state index contributed by atoms with van der Waals surface area (Å²) in [5, 5.41) is 22.8. The van der Waals surface area contributed by atoms with Crippen LogP contribution in [0.2, 0.25) is 5.02 Å². The van der Waals surface area contributed by atoms with Crippen LogP contribution < -0.4 is 4.90 Å². The lowest BCUT2D eigenvalue weighted by Crippen LogP contribution is -2.29. The molecule has 1 aliphatic heterocycles. The minimum atomic E-state index is -1.14. The minimum absolute atomic E-state index is 0.174. The van der Waals surface area contributed by atoms with Gasteiger partial charge in [-0.25, -0.2) is 0 Å². The second-order valence-electron chi connectivity index (χ2n) is 7.63. The largest absolute Gasteiger partial charge is 0.507 e. The summed E-state index contributed by atoms with van der Waals surface area (Å²) < 4.78 is 0. The number of non-ortho nitro benzene ring substituents is 1. The number of carbonyl (C=O) groups is 3. The van der Waals surface area contributed by atoms with E-state index < -0.39 is 28.4 Å². The molecule has 4 rings (SSSR count). The molecule has 1 saturated heterocycles. The molecule has 0 aromatic heterocycles. The molecule has 0 bridgehead atoms. The molecular formula is C25H17ClN2O6. The molecule has 0 spiro atoms. The van der Waals surface area contributed by atoms with Crippen LogP contribution in [0.1, 0.15) is 34.5 Å². The number of ketones is 2. The SMILES string of the molecule is CC(=O)c1ccc(N2C(=O)C(=O)C(=C(O)c3ccc(Cl)cc3)[C@H]2c2cccc([N+](=O)[O-])c2)cc1. The number of hydrogen-bond donors (Lipinski definition) is 1. The predicted octanol–water partition coefficient (Wildman–Crippen LogP) is 5.08. The highest BCUT2D eigenvalue weighted by atomic mass is 35.5. The molecule has 9 heteroatoms. The second kappa shape index (κ2) is 8.92. The highest BCUT2D eigenvalue weighted by Crippen LogP contribution is 2.42. The first kappa shape index (κ1) is 22.9. The number of nitrogens with zero attached hydrogens (tertiary/aromatic N) is 2. The van der Waals surface area contributed by atoms with Gasteiger partial charge in [0, 0.05) is 34.0 Å². The summed E-state index contributed by atoms with van der Waals surface area (Å²) in [6.45, 7) is 1.40. The monoisotopic (exact) mass is 476 g/mol. The first-order valence-electron chi connectivity index (χ1n) is 10.1. The number of anilines is 1. The maximum atomic E-state index is 13.1. The van der Waals surface area contributed by atoms with Crippen molar-refractivity contribution in [2.24, 2.45) is 0 Å². The normalized spacial score (nSPS) is 17.1. The Morgan fingerprint density at radius 2 is 1.62 bits per heavy atom. The van der Waals surface area contributed by atoms with Gasteiger partial charge in [-0.15, -0.1) is 0 Å². The average Bonchev–Trinajstić information content (AvgIpc) is 3.09. The zero-order valence-corrected chi connectivity index (χ0v) is 18.5. The van der Waals surface area contributed by atoms with E-state index in [0.29, 0.717) is 16.3 Å². The van der Waals surface area contributed by atoms with Crippen molar-refractivity contribution in [3.05, 3.63) is 110 Å². The van der Waals surface area contributed by atoms with Crippen molar-refractivity contribution in [3.63, 3.8) is 0 Å². The van der Waals surface area contributed by atoms with E-state index in [1.807, 2.05) is 0 Å². The van der Waals surface area contributed by atoms with Crippen LogP contribution in [0.3, 0.4) is 0 Å². The Labute approximate surface area is 198 Å². The molecule has 0 unspecified atom stereocenters. The lowest BCUT2D eigenvalue weighted by Gasteiger charge is -2.25. The average molecular weight is 477 g/mol. The number of rotatable bonds is 5. The number of amides is 1. The number of carbonyl (C=O) groups excluding carboxylic acids is 3. The number of nitro benzene ring substituents is 1. The standard InChI is InChI=1S/C25H17ClN2O6/c1-14(29)15-7-11-19(12-8-15)27-22(17-3-2-4-20(13-17)28(33)34)21(24(31)25(27)32)23(30)16-5-9-18(26)10-6-16/h2-13,22,30H,1H3/t22-/m1/s1. The van der Waals surface area contributed by atoms with Gasteiger partial charge in [-0.3, -0.25) is 29.4 Å². The Kier molecular flexibility index (Phi) is 6.00. The molecular weight excluding hydrogens is 460 g/mol. The number of halogens is 1. The fourth-order valence-corrected chi connectivity index (χ4v) is 3.97. The van der Waals surface area contributed by atoms with Crippen molar-refractivity contribution < 1.29 is 24.4 Å². The quantitative estimate of drug-likeness (QED) is 0.137. The van der Waals surface area contributed by atoms with Crippen LogP contribution in [0.5, 0.6) is 0 Å². The first-order valence-corrected chi connectivity index (χ1v) is 10.5. The molecule has 3 aromatic carbocycles. The maximum Gasteiger partial charge on any atom is 0.300 e. The number of aliphatic hydroxyl groups excluding tert-OH is 1. The summed E-state index contributed by atoms with van der Waals surface area (Å²) >= 11 is 5.92. The molecule has 1 N–H and O–H groups in total. The van der Waals surface area contributed by atoms with Crippen molar-refractivity contribution in [3.8, 4) is 0 Å². The fraction of sp³-hybridized carbons (Fsp3) is 0.0800. The molecule has 0 radical (unpaired) electrons. The second-order valence-corrected chi connectivity index (χ2v) is 8.07. The van der Waals surface area contributed by atoms with E-state index in [9.17, 15) is 29.6 Å². The lowest BCUT2D eigenvalue weighted by molar-refractivity contribution is -0.384. The van der Waals surface area contributed by atoms with Crippen molar-refractivity contribution >= 4 is 46.2 Å². The smallest absolute Gasteiger partial charge is 0.300 e. The fourth-order valence-electron chi connectivity index (χ4n) is 3.84. The Balaban J connectivity index is 1.94. The van der Waals surface area contributed by atoms with Gasteiger partial charge >= 0.3 is 0 Å². The summed E-state index contributed by atoms with van der Waals surface area (Å²) in [6.07, 6.45) is 0. The molecule has 1 heterocycles. The zero-order chi connectivity index (χ0) is 24.6. The van der Waals surface area contributed by atoms with E-state index in [1.54, 1.807) is 0 Å². The number of aliphatic hydroxyl groups is 1. The van der Waals surface area contributed by atoms with Crippen molar-refractivity contribution in [2.45, 2.75) is 13.0 Å². The highest BCUT2D eigenvalue weighted by molar-refractivity contribution is 6.51. The van der Waals surface area contributed by atoms with Crippen molar-refractivity contribution in [1.82, 2.24) is 0 Å². The van der Waals surface area contributed by atoms with Crippen LogP contribution in [0, 0.1) is 10.1 Å². The lowest BCUT2D eigenvalue weighted by atomic mass is 9.94.